The van der Waals surface area contributed by atoms with Crippen molar-refractivity contribution in [2.45, 2.75) is 32.0 Å². The van der Waals surface area contributed by atoms with Crippen molar-refractivity contribution in [2.24, 2.45) is 0 Å². The minimum atomic E-state index is -4.41. The Kier molecular flexibility index (Phi) is 3.91. The monoisotopic (exact) mass is 306 g/mol. The topological polar surface area (TPSA) is 24.9 Å². The van der Waals surface area contributed by atoms with Gasteiger partial charge in [-0.3, -0.25) is 4.98 Å². The van der Waals surface area contributed by atoms with E-state index in [1.807, 2.05) is 19.1 Å². The molecular formula is C17H17F3N2. The lowest BCUT2D eigenvalue weighted by atomic mass is 9.93. The molecule has 1 fully saturated rings. The van der Waals surface area contributed by atoms with Gasteiger partial charge in [-0.2, -0.15) is 13.2 Å². The summed E-state index contributed by atoms with van der Waals surface area (Å²) >= 11 is 0. The van der Waals surface area contributed by atoms with Crippen LogP contribution in [-0.4, -0.2) is 11.5 Å². The molecule has 1 aliphatic rings. The molecule has 1 saturated heterocycles. The Morgan fingerprint density at radius 2 is 2.05 bits per heavy atom. The molecule has 5 heteroatoms. The van der Waals surface area contributed by atoms with E-state index in [2.05, 4.69) is 10.3 Å². The van der Waals surface area contributed by atoms with Crippen molar-refractivity contribution in [1.82, 2.24) is 10.3 Å². The standard InChI is InChI=1S/C17H17F3N2/c1-11-6-7-12(15-5-3-8-21-15)13(10-11)16-14(17(18,19)20)4-2-9-22-16/h2,4,6-7,9-10,15,21H,3,5,8H2,1H3. The molecule has 0 bridgehead atoms. The predicted octanol–water partition coefficient (Wildman–Crippen LogP) is 4.50. The first-order valence-corrected chi connectivity index (χ1v) is 7.33. The minimum Gasteiger partial charge on any atom is -0.310 e. The zero-order valence-electron chi connectivity index (χ0n) is 12.2. The van der Waals surface area contributed by atoms with Gasteiger partial charge in [0.25, 0.3) is 0 Å². The van der Waals surface area contributed by atoms with Gasteiger partial charge in [-0.15, -0.1) is 0 Å². The number of hydrogen-bond donors (Lipinski definition) is 1. The van der Waals surface area contributed by atoms with Crippen LogP contribution in [0.1, 0.15) is 35.6 Å². The average Bonchev–Trinajstić information content (AvgIpc) is 3.00. The second-order valence-electron chi connectivity index (χ2n) is 5.64. The average molecular weight is 306 g/mol. The van der Waals surface area contributed by atoms with Gasteiger partial charge in [0.2, 0.25) is 0 Å². The van der Waals surface area contributed by atoms with Gasteiger partial charge >= 0.3 is 6.18 Å². The van der Waals surface area contributed by atoms with E-state index >= 15 is 0 Å². The Morgan fingerprint density at radius 3 is 2.73 bits per heavy atom. The van der Waals surface area contributed by atoms with Crippen molar-refractivity contribution in [2.75, 3.05) is 6.54 Å². The fourth-order valence-corrected chi connectivity index (χ4v) is 2.98. The summed E-state index contributed by atoms with van der Waals surface area (Å²) < 4.78 is 39.9. The molecule has 0 spiro atoms. The van der Waals surface area contributed by atoms with E-state index in [0.29, 0.717) is 5.56 Å². The molecule has 1 unspecified atom stereocenters. The first kappa shape index (κ1) is 15.0. The highest BCUT2D eigenvalue weighted by atomic mass is 19.4. The second kappa shape index (κ2) is 5.72. The van der Waals surface area contributed by atoms with Crippen LogP contribution in [-0.2, 0) is 6.18 Å². The van der Waals surface area contributed by atoms with Crippen molar-refractivity contribution >= 4 is 0 Å². The number of nitrogens with one attached hydrogen (secondary N) is 1. The third kappa shape index (κ3) is 2.86. The van der Waals surface area contributed by atoms with Gasteiger partial charge in [-0.1, -0.05) is 17.7 Å². The van der Waals surface area contributed by atoms with Gasteiger partial charge in [-0.25, -0.2) is 0 Å². The van der Waals surface area contributed by atoms with Crippen LogP contribution in [0.2, 0.25) is 0 Å². The number of hydrogen-bond acceptors (Lipinski definition) is 2. The normalized spacial score (nSPS) is 18.6. The fourth-order valence-electron chi connectivity index (χ4n) is 2.98. The molecule has 0 saturated carbocycles. The van der Waals surface area contributed by atoms with Crippen LogP contribution in [0.4, 0.5) is 13.2 Å². The molecule has 2 heterocycles. The summed E-state index contributed by atoms with van der Waals surface area (Å²) in [4.78, 5) is 4.04. The van der Waals surface area contributed by atoms with Gasteiger partial charge in [0, 0.05) is 17.8 Å². The Labute approximate surface area is 127 Å². The van der Waals surface area contributed by atoms with Crippen LogP contribution in [0.15, 0.2) is 36.5 Å². The molecule has 1 aromatic heterocycles. The number of nitrogens with zero attached hydrogens (tertiary/aromatic N) is 1. The smallest absolute Gasteiger partial charge is 0.310 e. The van der Waals surface area contributed by atoms with Gasteiger partial charge in [0.05, 0.1) is 11.3 Å². The molecule has 1 aliphatic heterocycles. The Hall–Kier alpha value is -1.88. The maximum Gasteiger partial charge on any atom is 0.418 e. The highest BCUT2D eigenvalue weighted by molar-refractivity contribution is 5.69. The summed E-state index contributed by atoms with van der Waals surface area (Å²) in [5.41, 5.74) is 1.73. The maximum absolute atomic E-state index is 13.3. The number of pyridine rings is 1. The summed E-state index contributed by atoms with van der Waals surface area (Å²) in [5, 5.41) is 3.35. The molecule has 0 aliphatic carbocycles. The van der Waals surface area contributed by atoms with Crippen LogP contribution in [0, 0.1) is 6.92 Å². The van der Waals surface area contributed by atoms with E-state index in [9.17, 15) is 13.2 Å². The lowest BCUT2D eigenvalue weighted by Crippen LogP contribution is -2.15. The second-order valence-corrected chi connectivity index (χ2v) is 5.64. The van der Waals surface area contributed by atoms with Crippen LogP contribution < -0.4 is 5.32 Å². The molecule has 2 nitrogen and oxygen atoms in total. The van der Waals surface area contributed by atoms with Crippen molar-refractivity contribution < 1.29 is 13.2 Å². The minimum absolute atomic E-state index is 0.0161. The summed E-state index contributed by atoms with van der Waals surface area (Å²) in [6, 6.07) is 8.18. The molecule has 1 N–H and O–H groups in total. The molecular weight excluding hydrogens is 289 g/mol. The zero-order chi connectivity index (χ0) is 15.7. The lowest BCUT2D eigenvalue weighted by molar-refractivity contribution is -0.137. The molecule has 116 valence electrons. The van der Waals surface area contributed by atoms with Crippen LogP contribution >= 0.6 is 0 Å². The number of halogens is 3. The zero-order valence-corrected chi connectivity index (χ0v) is 12.2. The molecule has 22 heavy (non-hydrogen) atoms. The van der Waals surface area contributed by atoms with Gasteiger partial charge in [-0.05, 0) is 50.1 Å². The predicted molar refractivity (Wildman–Crippen MR) is 79.4 cm³/mol. The first-order valence-electron chi connectivity index (χ1n) is 7.33. The van der Waals surface area contributed by atoms with Crippen molar-refractivity contribution in [3.8, 4) is 11.3 Å². The lowest BCUT2D eigenvalue weighted by Gasteiger charge is -2.19. The van der Waals surface area contributed by atoms with E-state index in [4.69, 9.17) is 0 Å². The third-order valence-corrected chi connectivity index (χ3v) is 4.01. The van der Waals surface area contributed by atoms with Crippen LogP contribution in [0.25, 0.3) is 11.3 Å². The highest BCUT2D eigenvalue weighted by Gasteiger charge is 2.35. The van der Waals surface area contributed by atoms with E-state index in [0.717, 1.165) is 36.6 Å². The number of aromatic nitrogens is 1. The summed E-state index contributed by atoms with van der Waals surface area (Å²) in [6.07, 6.45) is -1.02. The Morgan fingerprint density at radius 1 is 1.23 bits per heavy atom. The van der Waals surface area contributed by atoms with Crippen molar-refractivity contribution in [3.63, 3.8) is 0 Å². The summed E-state index contributed by atoms with van der Waals surface area (Å²) in [6.45, 7) is 2.78. The molecule has 2 aromatic rings. The molecule has 0 radical (unpaired) electrons. The van der Waals surface area contributed by atoms with Gasteiger partial charge in [0.15, 0.2) is 0 Å². The summed E-state index contributed by atoms with van der Waals surface area (Å²) in [5.74, 6) is 0. The van der Waals surface area contributed by atoms with E-state index in [-0.39, 0.29) is 11.7 Å². The van der Waals surface area contributed by atoms with E-state index in [1.54, 1.807) is 6.07 Å². The Balaban J connectivity index is 2.18. The molecule has 1 aromatic carbocycles. The number of alkyl halides is 3. The van der Waals surface area contributed by atoms with Crippen molar-refractivity contribution in [1.29, 1.82) is 0 Å². The summed E-state index contributed by atoms with van der Waals surface area (Å²) in [7, 11) is 0. The Bertz CT molecular complexity index is 674. The largest absolute Gasteiger partial charge is 0.418 e. The third-order valence-electron chi connectivity index (χ3n) is 4.01. The van der Waals surface area contributed by atoms with Crippen LogP contribution in [0.5, 0.6) is 0 Å². The number of aryl methyl sites for hydroxylation is 1. The fraction of sp³-hybridized carbons (Fsp3) is 0.353. The quantitative estimate of drug-likeness (QED) is 0.883. The first-order chi connectivity index (χ1) is 10.5. The SMILES string of the molecule is Cc1ccc(C2CCCN2)c(-c2ncccc2C(F)(F)F)c1. The molecule has 3 rings (SSSR count). The maximum atomic E-state index is 13.3. The molecule has 1 atom stereocenters. The number of rotatable bonds is 2. The van der Waals surface area contributed by atoms with E-state index in [1.165, 1.54) is 12.3 Å². The molecule has 0 amide bonds. The van der Waals surface area contributed by atoms with Gasteiger partial charge < -0.3 is 5.32 Å². The highest BCUT2D eigenvalue weighted by Crippen LogP contribution is 2.39. The number of benzene rings is 1. The van der Waals surface area contributed by atoms with Crippen LogP contribution in [0.3, 0.4) is 0 Å². The van der Waals surface area contributed by atoms with Crippen molar-refractivity contribution in [3.05, 3.63) is 53.2 Å². The van der Waals surface area contributed by atoms with E-state index < -0.39 is 11.7 Å². The van der Waals surface area contributed by atoms with Gasteiger partial charge in [0.1, 0.15) is 0 Å².